The molecule has 180 valence electrons. The van der Waals surface area contributed by atoms with Gasteiger partial charge in [-0.1, -0.05) is 67.6 Å². The molecule has 2 amide bonds. The van der Waals surface area contributed by atoms with Crippen LogP contribution in [0.3, 0.4) is 0 Å². The number of hydrogen-bond acceptors (Lipinski definition) is 5. The largest absolute Gasteiger partial charge is 0.339 e. The normalized spacial score (nSPS) is 17.4. The summed E-state index contributed by atoms with van der Waals surface area (Å²) in [6.07, 6.45) is 0. The van der Waals surface area contributed by atoms with Gasteiger partial charge >= 0.3 is 0 Å². The molecule has 0 aliphatic carbocycles. The van der Waals surface area contributed by atoms with Crippen LogP contribution in [0.15, 0.2) is 64.5 Å². The summed E-state index contributed by atoms with van der Waals surface area (Å²) in [5.41, 5.74) is 2.87. The van der Waals surface area contributed by atoms with Crippen molar-refractivity contribution in [3.63, 3.8) is 0 Å². The van der Waals surface area contributed by atoms with Crippen LogP contribution in [0.4, 0.5) is 10.1 Å². The van der Waals surface area contributed by atoms with E-state index >= 15 is 0 Å². The third-order valence-electron chi connectivity index (χ3n) is 6.08. The Kier molecular flexibility index (Phi) is 7.27. The lowest BCUT2D eigenvalue weighted by Gasteiger charge is -2.36. The molecular formula is C27H27FN4O2S. The van der Waals surface area contributed by atoms with Crippen molar-refractivity contribution in [1.29, 1.82) is 5.26 Å². The van der Waals surface area contributed by atoms with Crippen molar-refractivity contribution in [3.05, 3.63) is 81.5 Å². The molecule has 1 saturated heterocycles. The van der Waals surface area contributed by atoms with Gasteiger partial charge in [-0.05, 0) is 24.6 Å². The second kappa shape index (κ2) is 10.4. The number of piperazine rings is 1. The molecule has 0 atom stereocenters. The van der Waals surface area contributed by atoms with Gasteiger partial charge in [-0.3, -0.25) is 14.5 Å². The molecule has 2 aliphatic heterocycles. The van der Waals surface area contributed by atoms with Crippen molar-refractivity contribution in [1.82, 2.24) is 9.80 Å². The maximum atomic E-state index is 15.0. The summed E-state index contributed by atoms with van der Waals surface area (Å²) < 4.78 is 15.0. The number of rotatable bonds is 4. The maximum Gasteiger partial charge on any atom is 0.267 e. The van der Waals surface area contributed by atoms with E-state index in [4.69, 9.17) is 0 Å². The van der Waals surface area contributed by atoms with Crippen LogP contribution >= 0.6 is 11.8 Å². The van der Waals surface area contributed by atoms with Crippen LogP contribution < -0.4 is 4.90 Å². The van der Waals surface area contributed by atoms with Gasteiger partial charge in [0.15, 0.2) is 0 Å². The van der Waals surface area contributed by atoms with Crippen LogP contribution in [0.2, 0.25) is 0 Å². The molecule has 2 aromatic carbocycles. The molecule has 8 heteroatoms. The Bertz CT molecular complexity index is 1240. The Labute approximate surface area is 209 Å². The van der Waals surface area contributed by atoms with Crippen molar-refractivity contribution < 1.29 is 14.0 Å². The quantitative estimate of drug-likeness (QED) is 0.457. The van der Waals surface area contributed by atoms with Crippen molar-refractivity contribution in [3.8, 4) is 6.07 Å². The number of amides is 2. The third-order valence-corrected chi connectivity index (χ3v) is 7.03. The van der Waals surface area contributed by atoms with Gasteiger partial charge in [0.05, 0.1) is 11.4 Å². The predicted octanol–water partition coefficient (Wildman–Crippen LogP) is 4.75. The van der Waals surface area contributed by atoms with E-state index in [1.165, 1.54) is 17.8 Å². The summed E-state index contributed by atoms with van der Waals surface area (Å²) in [7, 11) is 0. The number of carbonyl (C=O) groups excluding carboxylic acids is 2. The standard InChI is InChI=1S/C27H27FN4O2S/c1-18(2)25(33)30-12-14-31(15-13-30)26(34)21(16-29)27-32(23-7-5-4-6-22(23)28)24(17-35-27)20-10-8-19(3)9-11-20/h4-11,17-18H,12-15H2,1-3H3/b27-21-. The number of thioether (sulfide) groups is 1. The molecule has 2 aliphatic rings. The summed E-state index contributed by atoms with van der Waals surface area (Å²) in [5.74, 6) is -0.910. The Hall–Kier alpha value is -3.57. The van der Waals surface area contributed by atoms with E-state index in [0.29, 0.717) is 36.9 Å². The molecule has 0 bridgehead atoms. The zero-order chi connectivity index (χ0) is 25.1. The van der Waals surface area contributed by atoms with Crippen LogP contribution in [0, 0.1) is 30.0 Å². The van der Waals surface area contributed by atoms with E-state index in [1.54, 1.807) is 32.9 Å². The van der Waals surface area contributed by atoms with Gasteiger partial charge in [-0.2, -0.15) is 5.26 Å². The number of nitrogens with zero attached hydrogens (tertiary/aromatic N) is 4. The molecular weight excluding hydrogens is 463 g/mol. The Morgan fingerprint density at radius 3 is 2.23 bits per heavy atom. The summed E-state index contributed by atoms with van der Waals surface area (Å²) in [6, 6.07) is 16.2. The van der Waals surface area contributed by atoms with Gasteiger partial charge in [0, 0.05) is 37.5 Å². The molecule has 2 heterocycles. The Balaban J connectivity index is 1.68. The van der Waals surface area contributed by atoms with E-state index < -0.39 is 11.7 Å². The highest BCUT2D eigenvalue weighted by Gasteiger charge is 2.34. The molecule has 4 rings (SSSR count). The molecule has 0 radical (unpaired) electrons. The summed E-state index contributed by atoms with van der Waals surface area (Å²) in [4.78, 5) is 30.8. The lowest BCUT2D eigenvalue weighted by Crippen LogP contribution is -2.52. The van der Waals surface area contributed by atoms with Gasteiger partial charge in [-0.25, -0.2) is 4.39 Å². The second-order valence-electron chi connectivity index (χ2n) is 8.84. The van der Waals surface area contributed by atoms with Gasteiger partial charge in [0.25, 0.3) is 5.91 Å². The number of anilines is 1. The topological polar surface area (TPSA) is 67.6 Å². The number of aryl methyl sites for hydroxylation is 1. The Morgan fingerprint density at radius 2 is 1.63 bits per heavy atom. The van der Waals surface area contributed by atoms with E-state index in [0.717, 1.165) is 11.1 Å². The fourth-order valence-corrected chi connectivity index (χ4v) is 5.15. The maximum absolute atomic E-state index is 15.0. The van der Waals surface area contributed by atoms with Crippen LogP contribution in [0.5, 0.6) is 0 Å². The molecule has 0 aromatic heterocycles. The third kappa shape index (κ3) is 4.96. The molecule has 35 heavy (non-hydrogen) atoms. The minimum Gasteiger partial charge on any atom is -0.339 e. The number of benzene rings is 2. The first-order chi connectivity index (χ1) is 16.8. The highest BCUT2D eigenvalue weighted by molar-refractivity contribution is 8.06. The predicted molar refractivity (Wildman–Crippen MR) is 136 cm³/mol. The first-order valence-electron chi connectivity index (χ1n) is 11.5. The first kappa shape index (κ1) is 24.6. The van der Waals surface area contributed by atoms with E-state index in [9.17, 15) is 19.2 Å². The number of hydrogen-bond donors (Lipinski definition) is 0. The Morgan fingerprint density at radius 1 is 1.00 bits per heavy atom. The summed E-state index contributed by atoms with van der Waals surface area (Å²) in [6.45, 7) is 7.23. The average Bonchev–Trinajstić information content (AvgIpc) is 3.29. The average molecular weight is 491 g/mol. The van der Waals surface area contributed by atoms with Crippen LogP contribution in [-0.4, -0.2) is 47.8 Å². The highest BCUT2D eigenvalue weighted by atomic mass is 32.2. The minimum atomic E-state index is -0.448. The van der Waals surface area contributed by atoms with Crippen molar-refractivity contribution in [2.45, 2.75) is 20.8 Å². The lowest BCUT2D eigenvalue weighted by atomic mass is 10.1. The smallest absolute Gasteiger partial charge is 0.267 e. The second-order valence-corrected chi connectivity index (χ2v) is 9.70. The lowest BCUT2D eigenvalue weighted by molar-refractivity contribution is -0.139. The zero-order valence-electron chi connectivity index (χ0n) is 20.0. The van der Waals surface area contributed by atoms with Crippen LogP contribution in [0.1, 0.15) is 25.0 Å². The van der Waals surface area contributed by atoms with Gasteiger partial charge in [0.1, 0.15) is 22.5 Å². The van der Waals surface area contributed by atoms with Crippen molar-refractivity contribution in [2.24, 2.45) is 5.92 Å². The number of carbonyl (C=O) groups is 2. The molecule has 0 saturated carbocycles. The van der Waals surface area contributed by atoms with Crippen molar-refractivity contribution in [2.75, 3.05) is 31.1 Å². The highest BCUT2D eigenvalue weighted by Crippen LogP contribution is 2.45. The molecule has 1 fully saturated rings. The van der Waals surface area contributed by atoms with E-state index in [1.807, 2.05) is 50.4 Å². The van der Waals surface area contributed by atoms with Gasteiger partial charge in [0.2, 0.25) is 5.91 Å². The molecule has 0 unspecified atom stereocenters. The van der Waals surface area contributed by atoms with Gasteiger partial charge in [-0.15, -0.1) is 0 Å². The monoisotopic (exact) mass is 490 g/mol. The van der Waals surface area contributed by atoms with Gasteiger partial charge < -0.3 is 9.80 Å². The molecule has 0 spiro atoms. The minimum absolute atomic E-state index is 0.0414. The molecule has 6 nitrogen and oxygen atoms in total. The van der Waals surface area contributed by atoms with Crippen LogP contribution in [0.25, 0.3) is 5.70 Å². The van der Waals surface area contributed by atoms with E-state index in [2.05, 4.69) is 6.07 Å². The fraction of sp³-hybridized carbons (Fsp3) is 0.296. The molecule has 2 aromatic rings. The fourth-order valence-electron chi connectivity index (χ4n) is 4.13. The van der Waals surface area contributed by atoms with Crippen molar-refractivity contribution >= 4 is 35.0 Å². The summed E-state index contributed by atoms with van der Waals surface area (Å²) in [5, 5.41) is 12.3. The molecule has 0 N–H and O–H groups in total. The number of halogens is 1. The first-order valence-corrected chi connectivity index (χ1v) is 12.4. The number of para-hydroxylation sites is 1. The number of nitriles is 1. The zero-order valence-corrected chi connectivity index (χ0v) is 20.8. The summed E-state index contributed by atoms with van der Waals surface area (Å²) >= 11 is 1.24. The van der Waals surface area contributed by atoms with E-state index in [-0.39, 0.29) is 23.1 Å². The SMILES string of the molecule is Cc1ccc(C2=CS/C(=C(/C#N)C(=O)N3CCN(C(=O)C(C)C)CC3)N2c2ccccc2F)cc1. The van der Waals surface area contributed by atoms with Crippen LogP contribution in [-0.2, 0) is 9.59 Å².